The van der Waals surface area contributed by atoms with Gasteiger partial charge in [0.1, 0.15) is 0 Å². The number of rotatable bonds is 0. The molecule has 1 rings (SSSR count). The highest BCUT2D eigenvalue weighted by Gasteiger charge is 2.00. The van der Waals surface area contributed by atoms with Gasteiger partial charge >= 0.3 is 0 Å². The lowest BCUT2D eigenvalue weighted by Crippen LogP contribution is -2.05. The standard InChI is InChI=1S/C7H10N2O/c1-6-5-7(10-2)9-4-3-8-6/h3-4H,5H2,1-2H3. The molecule has 54 valence electrons. The first-order valence-electron chi connectivity index (χ1n) is 3.12. The number of hydrogen-bond donors (Lipinski definition) is 0. The molecule has 1 heterocycles. The van der Waals surface area contributed by atoms with Gasteiger partial charge in [-0.3, -0.25) is 4.99 Å². The average Bonchev–Trinajstić information content (AvgIpc) is 2.13. The monoisotopic (exact) mass is 138 g/mol. The van der Waals surface area contributed by atoms with Crippen molar-refractivity contribution in [1.29, 1.82) is 0 Å². The molecular formula is C7H10N2O. The van der Waals surface area contributed by atoms with Gasteiger partial charge < -0.3 is 4.74 Å². The number of nitrogens with zero attached hydrogens (tertiary/aromatic N) is 2. The number of hydrogen-bond acceptors (Lipinski definition) is 3. The highest BCUT2D eigenvalue weighted by molar-refractivity contribution is 6.00. The number of ether oxygens (including phenoxy) is 1. The van der Waals surface area contributed by atoms with Gasteiger partial charge in [-0.15, -0.1) is 0 Å². The van der Waals surface area contributed by atoms with E-state index in [0.29, 0.717) is 6.42 Å². The number of aliphatic imine (C=N–C) groups is 2. The Morgan fingerprint density at radius 2 is 2.10 bits per heavy atom. The first-order chi connectivity index (χ1) is 4.83. The quantitative estimate of drug-likeness (QED) is 0.497. The van der Waals surface area contributed by atoms with Gasteiger partial charge in [0.2, 0.25) is 0 Å². The van der Waals surface area contributed by atoms with Gasteiger partial charge in [0.25, 0.3) is 0 Å². The van der Waals surface area contributed by atoms with Crippen LogP contribution in [0, 0.1) is 0 Å². The molecule has 1 aliphatic rings. The smallest absolute Gasteiger partial charge is 0.193 e. The van der Waals surface area contributed by atoms with Crippen molar-refractivity contribution in [3.63, 3.8) is 0 Å². The fourth-order valence-corrected chi connectivity index (χ4v) is 0.712. The van der Waals surface area contributed by atoms with Crippen molar-refractivity contribution in [2.75, 3.05) is 7.11 Å². The molecule has 0 fully saturated rings. The predicted octanol–water partition coefficient (Wildman–Crippen LogP) is 1.37. The Kier molecular flexibility index (Phi) is 2.20. The van der Waals surface area contributed by atoms with Gasteiger partial charge in [-0.1, -0.05) is 0 Å². The second-order valence-corrected chi connectivity index (χ2v) is 2.07. The second-order valence-electron chi connectivity index (χ2n) is 2.07. The van der Waals surface area contributed by atoms with E-state index in [0.717, 1.165) is 11.6 Å². The van der Waals surface area contributed by atoms with Crippen LogP contribution in [0.3, 0.4) is 0 Å². The summed E-state index contributed by atoms with van der Waals surface area (Å²) in [6.45, 7) is 1.95. The Bertz CT molecular complexity index is 204. The van der Waals surface area contributed by atoms with Gasteiger partial charge in [-0.05, 0) is 6.92 Å². The Balaban J connectivity index is 2.72. The van der Waals surface area contributed by atoms with Crippen molar-refractivity contribution < 1.29 is 4.74 Å². The van der Waals surface area contributed by atoms with Crippen molar-refractivity contribution in [2.45, 2.75) is 13.3 Å². The molecule has 1 aliphatic heterocycles. The van der Waals surface area contributed by atoms with Crippen LogP contribution >= 0.6 is 0 Å². The summed E-state index contributed by atoms with van der Waals surface area (Å²) in [5.74, 6) is 0.718. The maximum Gasteiger partial charge on any atom is 0.193 e. The summed E-state index contributed by atoms with van der Waals surface area (Å²) < 4.78 is 4.96. The van der Waals surface area contributed by atoms with E-state index in [1.807, 2.05) is 6.92 Å². The molecule has 3 heteroatoms. The molecule has 0 aromatic carbocycles. The molecule has 0 saturated carbocycles. The Morgan fingerprint density at radius 1 is 1.40 bits per heavy atom. The first-order valence-corrected chi connectivity index (χ1v) is 3.12. The molecule has 0 amide bonds. The Morgan fingerprint density at radius 3 is 2.80 bits per heavy atom. The summed E-state index contributed by atoms with van der Waals surface area (Å²) in [5.41, 5.74) is 1.02. The lowest BCUT2D eigenvalue weighted by Gasteiger charge is -1.99. The van der Waals surface area contributed by atoms with Crippen LogP contribution in [0.5, 0.6) is 0 Å². The maximum absolute atomic E-state index is 4.96. The third-order valence-corrected chi connectivity index (χ3v) is 1.22. The van der Waals surface area contributed by atoms with Crippen LogP contribution in [0.2, 0.25) is 0 Å². The lowest BCUT2D eigenvalue weighted by atomic mass is 10.3. The van der Waals surface area contributed by atoms with E-state index >= 15 is 0 Å². The number of methoxy groups -OCH3 is 1. The van der Waals surface area contributed by atoms with Crippen molar-refractivity contribution in [1.82, 2.24) is 0 Å². The van der Waals surface area contributed by atoms with E-state index in [9.17, 15) is 0 Å². The third kappa shape index (κ3) is 1.69. The van der Waals surface area contributed by atoms with Crippen LogP contribution in [-0.4, -0.2) is 18.7 Å². The normalized spacial score (nSPS) is 17.4. The largest absolute Gasteiger partial charge is 0.484 e. The molecule has 0 atom stereocenters. The topological polar surface area (TPSA) is 34.0 Å². The minimum Gasteiger partial charge on any atom is -0.484 e. The lowest BCUT2D eigenvalue weighted by molar-refractivity contribution is 0.396. The summed E-state index contributed by atoms with van der Waals surface area (Å²) >= 11 is 0. The van der Waals surface area contributed by atoms with E-state index in [1.54, 1.807) is 19.5 Å². The van der Waals surface area contributed by atoms with Crippen LogP contribution in [0.25, 0.3) is 0 Å². The van der Waals surface area contributed by atoms with Crippen molar-refractivity contribution in [3.8, 4) is 0 Å². The van der Waals surface area contributed by atoms with Crippen molar-refractivity contribution in [3.05, 3.63) is 12.4 Å². The zero-order valence-electron chi connectivity index (χ0n) is 6.16. The van der Waals surface area contributed by atoms with E-state index in [1.165, 1.54) is 0 Å². The van der Waals surface area contributed by atoms with Crippen LogP contribution in [0.4, 0.5) is 0 Å². The maximum atomic E-state index is 4.96. The zero-order valence-corrected chi connectivity index (χ0v) is 6.16. The van der Waals surface area contributed by atoms with Gasteiger partial charge in [0.05, 0.1) is 13.5 Å². The van der Waals surface area contributed by atoms with E-state index in [-0.39, 0.29) is 0 Å². The first kappa shape index (κ1) is 6.99. The molecule has 0 bridgehead atoms. The molecule has 0 radical (unpaired) electrons. The fraction of sp³-hybridized carbons (Fsp3) is 0.429. The molecule has 0 aromatic rings. The summed E-state index contributed by atoms with van der Waals surface area (Å²) in [5, 5.41) is 0. The molecular weight excluding hydrogens is 128 g/mol. The Labute approximate surface area is 60.1 Å². The van der Waals surface area contributed by atoms with E-state index in [4.69, 9.17) is 4.74 Å². The minimum atomic E-state index is 0.712. The second kappa shape index (κ2) is 3.15. The summed E-state index contributed by atoms with van der Waals surface area (Å²) in [6, 6.07) is 0. The molecule has 0 aromatic heterocycles. The van der Waals surface area contributed by atoms with Crippen molar-refractivity contribution in [2.24, 2.45) is 9.98 Å². The average molecular weight is 138 g/mol. The summed E-state index contributed by atoms with van der Waals surface area (Å²) in [4.78, 5) is 8.05. The van der Waals surface area contributed by atoms with Gasteiger partial charge in [0, 0.05) is 18.1 Å². The minimum absolute atomic E-state index is 0.712. The van der Waals surface area contributed by atoms with Gasteiger partial charge in [-0.2, -0.15) is 0 Å². The van der Waals surface area contributed by atoms with E-state index in [2.05, 4.69) is 9.98 Å². The Hall–Kier alpha value is -1.12. The van der Waals surface area contributed by atoms with Crippen LogP contribution < -0.4 is 0 Å². The van der Waals surface area contributed by atoms with Crippen LogP contribution in [-0.2, 0) is 4.74 Å². The fourth-order valence-electron chi connectivity index (χ4n) is 0.712. The van der Waals surface area contributed by atoms with Gasteiger partial charge in [-0.25, -0.2) is 4.99 Å². The predicted molar refractivity (Wildman–Crippen MR) is 41.3 cm³/mol. The van der Waals surface area contributed by atoms with Crippen LogP contribution in [0.15, 0.2) is 22.4 Å². The highest BCUT2D eigenvalue weighted by Crippen LogP contribution is 1.98. The SMILES string of the molecule is COC1=NC=CN=C(C)C1. The summed E-state index contributed by atoms with van der Waals surface area (Å²) in [6.07, 6.45) is 4.01. The zero-order chi connectivity index (χ0) is 7.40. The molecule has 10 heavy (non-hydrogen) atoms. The highest BCUT2D eigenvalue weighted by atomic mass is 16.5. The molecule has 0 aliphatic carbocycles. The molecule has 0 unspecified atom stereocenters. The van der Waals surface area contributed by atoms with Gasteiger partial charge in [0.15, 0.2) is 5.90 Å². The van der Waals surface area contributed by atoms with Crippen molar-refractivity contribution >= 4 is 11.6 Å². The molecule has 0 N–H and O–H groups in total. The molecule has 0 saturated heterocycles. The molecule has 0 spiro atoms. The summed E-state index contributed by atoms with van der Waals surface area (Å²) in [7, 11) is 1.62. The van der Waals surface area contributed by atoms with Crippen LogP contribution in [0.1, 0.15) is 13.3 Å². The third-order valence-electron chi connectivity index (χ3n) is 1.22. The molecule has 3 nitrogen and oxygen atoms in total. The van der Waals surface area contributed by atoms with E-state index < -0.39 is 0 Å².